The molecule has 1 aliphatic heterocycles. The number of amides is 1. The van der Waals surface area contributed by atoms with E-state index in [1.54, 1.807) is 25.4 Å². The van der Waals surface area contributed by atoms with Crippen LogP contribution in [0.15, 0.2) is 24.4 Å². The maximum atomic E-state index is 13.0. The summed E-state index contributed by atoms with van der Waals surface area (Å²) in [5, 5.41) is 7.34. The minimum Gasteiger partial charge on any atom is -0.475 e. The number of rotatable bonds is 6. The summed E-state index contributed by atoms with van der Waals surface area (Å²) in [6.07, 6.45) is 3.63. The SMILES string of the molecule is COCCOc1ncccc1C(=O)N1CCC[C@@H](c2cc(C)[nH]n2)C1. The average Bonchev–Trinajstić information content (AvgIpc) is 3.08. The van der Waals surface area contributed by atoms with Gasteiger partial charge >= 0.3 is 0 Å². The number of likely N-dealkylation sites (tertiary alicyclic amines) is 1. The molecule has 0 aliphatic carbocycles. The third kappa shape index (κ3) is 4.17. The van der Waals surface area contributed by atoms with E-state index >= 15 is 0 Å². The van der Waals surface area contributed by atoms with Crippen LogP contribution < -0.4 is 4.74 Å². The normalized spacial score (nSPS) is 17.5. The largest absolute Gasteiger partial charge is 0.475 e. The third-order valence-corrected chi connectivity index (χ3v) is 4.38. The highest BCUT2D eigenvalue weighted by atomic mass is 16.5. The van der Waals surface area contributed by atoms with Gasteiger partial charge in [-0.25, -0.2) is 4.98 Å². The maximum Gasteiger partial charge on any atom is 0.259 e. The van der Waals surface area contributed by atoms with E-state index < -0.39 is 0 Å². The molecule has 134 valence electrons. The third-order valence-electron chi connectivity index (χ3n) is 4.38. The summed E-state index contributed by atoms with van der Waals surface area (Å²) < 4.78 is 10.6. The Labute approximate surface area is 147 Å². The van der Waals surface area contributed by atoms with Gasteiger partial charge in [0, 0.05) is 38.0 Å². The number of pyridine rings is 1. The molecule has 1 amide bonds. The molecule has 0 aromatic carbocycles. The number of carbonyl (C=O) groups is 1. The number of nitrogens with zero attached hydrogens (tertiary/aromatic N) is 3. The van der Waals surface area contributed by atoms with Crippen molar-refractivity contribution in [1.29, 1.82) is 0 Å². The number of aryl methyl sites for hydroxylation is 1. The summed E-state index contributed by atoms with van der Waals surface area (Å²) in [5.74, 6) is 0.581. The molecule has 1 saturated heterocycles. The highest BCUT2D eigenvalue weighted by Crippen LogP contribution is 2.28. The number of hydrogen-bond donors (Lipinski definition) is 1. The highest BCUT2D eigenvalue weighted by Gasteiger charge is 2.28. The van der Waals surface area contributed by atoms with Gasteiger partial charge in [0.2, 0.25) is 5.88 Å². The van der Waals surface area contributed by atoms with Crippen molar-refractivity contribution in [3.05, 3.63) is 41.3 Å². The first kappa shape index (κ1) is 17.4. The molecule has 7 heteroatoms. The molecule has 0 saturated carbocycles. The number of aromatic nitrogens is 3. The lowest BCUT2D eigenvalue weighted by Gasteiger charge is -2.32. The molecular weight excluding hydrogens is 320 g/mol. The maximum absolute atomic E-state index is 13.0. The van der Waals surface area contributed by atoms with Crippen molar-refractivity contribution < 1.29 is 14.3 Å². The van der Waals surface area contributed by atoms with E-state index in [9.17, 15) is 4.79 Å². The Bertz CT molecular complexity index is 716. The summed E-state index contributed by atoms with van der Waals surface area (Å²) in [6, 6.07) is 5.58. The van der Waals surface area contributed by atoms with Crippen molar-refractivity contribution >= 4 is 5.91 Å². The van der Waals surface area contributed by atoms with Gasteiger partial charge in [-0.2, -0.15) is 5.10 Å². The Kier molecular flexibility index (Phi) is 5.65. The fourth-order valence-electron chi connectivity index (χ4n) is 3.11. The molecule has 0 spiro atoms. The average molecular weight is 344 g/mol. The van der Waals surface area contributed by atoms with E-state index in [1.807, 2.05) is 11.8 Å². The van der Waals surface area contributed by atoms with Crippen LogP contribution >= 0.6 is 0 Å². The Morgan fingerprint density at radius 3 is 3.08 bits per heavy atom. The number of ether oxygens (including phenoxy) is 2. The van der Waals surface area contributed by atoms with Crippen LogP contribution in [0, 0.1) is 6.92 Å². The quantitative estimate of drug-likeness (QED) is 0.812. The zero-order chi connectivity index (χ0) is 17.6. The Balaban J connectivity index is 1.72. The van der Waals surface area contributed by atoms with Crippen LogP contribution in [0.25, 0.3) is 0 Å². The predicted molar refractivity (Wildman–Crippen MR) is 92.8 cm³/mol. The number of piperidine rings is 1. The number of aromatic amines is 1. The molecule has 3 rings (SSSR count). The van der Waals surface area contributed by atoms with E-state index in [2.05, 4.69) is 21.2 Å². The first-order valence-electron chi connectivity index (χ1n) is 8.57. The molecule has 1 aliphatic rings. The van der Waals surface area contributed by atoms with Crippen molar-refractivity contribution in [3.63, 3.8) is 0 Å². The zero-order valence-electron chi connectivity index (χ0n) is 14.7. The van der Waals surface area contributed by atoms with Crippen LogP contribution in [0.1, 0.15) is 40.5 Å². The number of hydrogen-bond acceptors (Lipinski definition) is 5. The number of methoxy groups -OCH3 is 1. The minimum atomic E-state index is -0.0440. The minimum absolute atomic E-state index is 0.0440. The topological polar surface area (TPSA) is 80.3 Å². The van der Waals surface area contributed by atoms with Gasteiger partial charge in [0.15, 0.2) is 0 Å². The molecule has 1 N–H and O–H groups in total. The first-order valence-corrected chi connectivity index (χ1v) is 8.57. The molecule has 1 atom stereocenters. The van der Waals surface area contributed by atoms with Crippen LogP contribution in [-0.2, 0) is 4.74 Å². The fraction of sp³-hybridized carbons (Fsp3) is 0.500. The monoisotopic (exact) mass is 344 g/mol. The van der Waals surface area contributed by atoms with Crippen molar-refractivity contribution in [2.45, 2.75) is 25.7 Å². The smallest absolute Gasteiger partial charge is 0.259 e. The second-order valence-corrected chi connectivity index (χ2v) is 6.26. The van der Waals surface area contributed by atoms with E-state index in [0.717, 1.165) is 30.8 Å². The summed E-state index contributed by atoms with van der Waals surface area (Å²) in [6.45, 7) is 4.21. The van der Waals surface area contributed by atoms with Crippen LogP contribution in [0.5, 0.6) is 5.88 Å². The molecule has 0 radical (unpaired) electrons. The number of nitrogens with one attached hydrogen (secondary N) is 1. The van der Waals surface area contributed by atoms with Crippen LogP contribution in [0.3, 0.4) is 0 Å². The van der Waals surface area contributed by atoms with Gasteiger partial charge < -0.3 is 14.4 Å². The summed E-state index contributed by atoms with van der Waals surface area (Å²) in [7, 11) is 1.61. The Morgan fingerprint density at radius 2 is 2.32 bits per heavy atom. The lowest BCUT2D eigenvalue weighted by atomic mass is 9.94. The highest BCUT2D eigenvalue weighted by molar-refractivity contribution is 5.96. The molecule has 0 unspecified atom stereocenters. The van der Waals surface area contributed by atoms with E-state index in [1.165, 1.54) is 0 Å². The van der Waals surface area contributed by atoms with Crippen LogP contribution in [0.2, 0.25) is 0 Å². The van der Waals surface area contributed by atoms with Gasteiger partial charge in [-0.1, -0.05) is 0 Å². The van der Waals surface area contributed by atoms with Crippen LogP contribution in [0.4, 0.5) is 0 Å². The van der Waals surface area contributed by atoms with E-state index in [-0.39, 0.29) is 11.8 Å². The molecule has 3 heterocycles. The zero-order valence-corrected chi connectivity index (χ0v) is 14.7. The van der Waals surface area contributed by atoms with Gasteiger partial charge in [-0.15, -0.1) is 0 Å². The van der Waals surface area contributed by atoms with E-state index in [0.29, 0.717) is 31.2 Å². The summed E-state index contributed by atoms with van der Waals surface area (Å²) >= 11 is 0. The first-order chi connectivity index (χ1) is 12.2. The van der Waals surface area contributed by atoms with Gasteiger partial charge in [0.05, 0.1) is 12.3 Å². The van der Waals surface area contributed by atoms with Gasteiger partial charge in [-0.05, 0) is 38.0 Å². The molecule has 1 fully saturated rings. The Morgan fingerprint density at radius 1 is 1.44 bits per heavy atom. The second kappa shape index (κ2) is 8.11. The predicted octanol–water partition coefficient (Wildman–Crippen LogP) is 2.16. The molecule has 25 heavy (non-hydrogen) atoms. The molecule has 0 bridgehead atoms. The fourth-order valence-corrected chi connectivity index (χ4v) is 3.11. The summed E-state index contributed by atoms with van der Waals surface area (Å²) in [5.41, 5.74) is 2.56. The lowest BCUT2D eigenvalue weighted by molar-refractivity contribution is 0.0697. The molecule has 2 aromatic heterocycles. The summed E-state index contributed by atoms with van der Waals surface area (Å²) in [4.78, 5) is 19.1. The second-order valence-electron chi connectivity index (χ2n) is 6.26. The number of carbonyl (C=O) groups excluding carboxylic acids is 1. The van der Waals surface area contributed by atoms with Gasteiger partial charge in [0.25, 0.3) is 5.91 Å². The van der Waals surface area contributed by atoms with Crippen molar-refractivity contribution in [1.82, 2.24) is 20.1 Å². The molecule has 2 aromatic rings. The van der Waals surface area contributed by atoms with Crippen molar-refractivity contribution in [2.24, 2.45) is 0 Å². The van der Waals surface area contributed by atoms with E-state index in [4.69, 9.17) is 9.47 Å². The van der Waals surface area contributed by atoms with Crippen molar-refractivity contribution in [2.75, 3.05) is 33.4 Å². The van der Waals surface area contributed by atoms with Gasteiger partial charge in [0.1, 0.15) is 12.2 Å². The Hall–Kier alpha value is -2.41. The molecule has 7 nitrogen and oxygen atoms in total. The van der Waals surface area contributed by atoms with Gasteiger partial charge in [-0.3, -0.25) is 9.89 Å². The standard InChI is InChI=1S/C18H24N4O3/c1-13-11-16(21-20-13)14-5-4-8-22(12-14)18(23)15-6-3-7-19-17(15)25-10-9-24-2/h3,6-7,11,14H,4-5,8-10,12H2,1-2H3,(H,20,21)/t14-/m1/s1. The number of H-pyrrole nitrogens is 1. The van der Waals surface area contributed by atoms with Crippen LogP contribution in [-0.4, -0.2) is 59.4 Å². The molecular formula is C18H24N4O3. The van der Waals surface area contributed by atoms with Crippen molar-refractivity contribution in [3.8, 4) is 5.88 Å². The lowest BCUT2D eigenvalue weighted by Crippen LogP contribution is -2.39.